The minimum atomic E-state index is -0.534. The van der Waals surface area contributed by atoms with Gasteiger partial charge in [-0.25, -0.2) is 4.98 Å². The molecule has 1 heterocycles. The van der Waals surface area contributed by atoms with Gasteiger partial charge in [0.15, 0.2) is 0 Å². The predicted molar refractivity (Wildman–Crippen MR) is 105 cm³/mol. The van der Waals surface area contributed by atoms with Gasteiger partial charge in [-0.3, -0.25) is 4.79 Å². The summed E-state index contributed by atoms with van der Waals surface area (Å²) in [7, 11) is 0. The highest BCUT2D eigenvalue weighted by molar-refractivity contribution is 6.06. The van der Waals surface area contributed by atoms with Crippen LogP contribution in [0.5, 0.6) is 0 Å². The number of carbonyl (C=O) groups is 1. The number of hydrogen-bond acceptors (Lipinski definition) is 4. The van der Waals surface area contributed by atoms with Crippen LogP contribution in [0.15, 0.2) is 84.9 Å². The maximum absolute atomic E-state index is 12.9. The van der Waals surface area contributed by atoms with E-state index in [1.165, 1.54) is 0 Å². The first-order valence-corrected chi connectivity index (χ1v) is 8.43. The van der Waals surface area contributed by atoms with E-state index in [0.717, 1.165) is 5.69 Å². The van der Waals surface area contributed by atoms with Gasteiger partial charge in [0.2, 0.25) is 11.3 Å². The summed E-state index contributed by atoms with van der Waals surface area (Å²) in [6, 6.07) is 25.2. The van der Waals surface area contributed by atoms with Crippen LogP contribution in [-0.2, 0) is 0 Å². The molecule has 6 nitrogen and oxygen atoms in total. The maximum Gasteiger partial charge on any atom is 0.325 e. The zero-order valence-electron chi connectivity index (χ0n) is 14.3. The largest absolute Gasteiger partial charge is 0.618 e. The summed E-state index contributed by atoms with van der Waals surface area (Å²) < 4.78 is 0.617. The fourth-order valence-corrected chi connectivity index (χ4v) is 2.78. The minimum Gasteiger partial charge on any atom is -0.618 e. The van der Waals surface area contributed by atoms with Crippen molar-refractivity contribution in [3.8, 4) is 0 Å². The lowest BCUT2D eigenvalue weighted by Gasteiger charge is -2.13. The Balaban J connectivity index is 1.82. The van der Waals surface area contributed by atoms with Crippen LogP contribution in [0.4, 0.5) is 17.2 Å². The Morgan fingerprint density at radius 2 is 1.41 bits per heavy atom. The van der Waals surface area contributed by atoms with Gasteiger partial charge in [0.1, 0.15) is 5.52 Å². The quantitative estimate of drug-likeness (QED) is 0.430. The van der Waals surface area contributed by atoms with E-state index in [0.29, 0.717) is 21.5 Å². The molecule has 0 bridgehead atoms. The number of aromatic nitrogens is 2. The number of anilines is 3. The van der Waals surface area contributed by atoms with E-state index < -0.39 is 5.91 Å². The molecule has 3 aromatic carbocycles. The smallest absolute Gasteiger partial charge is 0.325 e. The van der Waals surface area contributed by atoms with Gasteiger partial charge in [-0.05, 0) is 30.3 Å². The summed E-state index contributed by atoms with van der Waals surface area (Å²) in [5, 5.41) is 18.8. The van der Waals surface area contributed by atoms with Crippen molar-refractivity contribution < 1.29 is 9.52 Å². The lowest BCUT2D eigenvalue weighted by atomic mass is 10.2. The first-order chi connectivity index (χ1) is 13.2. The Bertz CT molecular complexity index is 1100. The van der Waals surface area contributed by atoms with Gasteiger partial charge in [0, 0.05) is 17.4 Å². The fraction of sp³-hybridized carbons (Fsp3) is 0. The second kappa shape index (κ2) is 7.13. The number of nitrogens with zero attached hydrogens (tertiary/aromatic N) is 2. The van der Waals surface area contributed by atoms with Crippen LogP contribution in [0.3, 0.4) is 0 Å². The third-order valence-corrected chi connectivity index (χ3v) is 4.04. The molecule has 0 fully saturated rings. The standard InChI is InChI=1S/C21H16N4O2/c26-21(23-16-11-5-2-6-12-16)19-20(22-15-9-3-1-4-10-15)24-17-13-7-8-14-18(17)25(19)27/h1-14H,(H,22,24)(H,23,26). The van der Waals surface area contributed by atoms with Crippen LogP contribution in [0, 0.1) is 5.21 Å². The van der Waals surface area contributed by atoms with Crippen molar-refractivity contribution in [2.24, 2.45) is 0 Å². The highest BCUT2D eigenvalue weighted by Gasteiger charge is 2.26. The lowest BCUT2D eigenvalue weighted by Crippen LogP contribution is -2.39. The first kappa shape index (κ1) is 16.5. The molecule has 6 heteroatoms. The Morgan fingerprint density at radius 1 is 0.815 bits per heavy atom. The molecule has 4 rings (SSSR count). The molecule has 0 aliphatic rings. The van der Waals surface area contributed by atoms with E-state index in [2.05, 4.69) is 15.6 Å². The van der Waals surface area contributed by atoms with Gasteiger partial charge < -0.3 is 15.8 Å². The van der Waals surface area contributed by atoms with Crippen molar-refractivity contribution in [2.45, 2.75) is 0 Å². The number of para-hydroxylation sites is 4. The Labute approximate surface area is 155 Å². The number of amides is 1. The summed E-state index contributed by atoms with van der Waals surface area (Å²) >= 11 is 0. The van der Waals surface area contributed by atoms with E-state index >= 15 is 0 Å². The highest BCUT2D eigenvalue weighted by Crippen LogP contribution is 2.21. The van der Waals surface area contributed by atoms with Gasteiger partial charge in [-0.1, -0.05) is 48.5 Å². The second-order valence-electron chi connectivity index (χ2n) is 5.90. The van der Waals surface area contributed by atoms with Gasteiger partial charge in [0.05, 0.1) is 0 Å². The van der Waals surface area contributed by atoms with Gasteiger partial charge in [-0.2, -0.15) is 4.73 Å². The highest BCUT2D eigenvalue weighted by atomic mass is 16.5. The van der Waals surface area contributed by atoms with Crippen LogP contribution < -0.4 is 15.4 Å². The summed E-state index contributed by atoms with van der Waals surface area (Å²) in [6.07, 6.45) is 0. The number of hydrogen-bond donors (Lipinski definition) is 2. The molecule has 0 saturated heterocycles. The molecule has 0 aliphatic heterocycles. The summed E-state index contributed by atoms with van der Waals surface area (Å²) in [5.41, 5.74) is 2.06. The van der Waals surface area contributed by atoms with Crippen molar-refractivity contribution in [3.05, 3.63) is 95.8 Å². The molecule has 0 atom stereocenters. The van der Waals surface area contributed by atoms with E-state index in [1.807, 2.05) is 48.5 Å². The first-order valence-electron chi connectivity index (χ1n) is 8.43. The second-order valence-corrected chi connectivity index (χ2v) is 5.90. The average molecular weight is 356 g/mol. The van der Waals surface area contributed by atoms with Crippen molar-refractivity contribution in [2.75, 3.05) is 10.6 Å². The molecular weight excluding hydrogens is 340 g/mol. The average Bonchev–Trinajstić information content (AvgIpc) is 2.70. The molecule has 2 N–H and O–H groups in total. The van der Waals surface area contributed by atoms with E-state index in [1.54, 1.807) is 36.4 Å². The van der Waals surface area contributed by atoms with Crippen LogP contribution in [0.25, 0.3) is 11.0 Å². The van der Waals surface area contributed by atoms with Gasteiger partial charge in [0.25, 0.3) is 0 Å². The van der Waals surface area contributed by atoms with Gasteiger partial charge >= 0.3 is 11.6 Å². The summed E-state index contributed by atoms with van der Waals surface area (Å²) in [5.74, 6) is -0.337. The number of benzene rings is 3. The zero-order valence-corrected chi connectivity index (χ0v) is 14.3. The molecule has 27 heavy (non-hydrogen) atoms. The fourth-order valence-electron chi connectivity index (χ4n) is 2.78. The monoisotopic (exact) mass is 356 g/mol. The molecule has 1 amide bonds. The van der Waals surface area contributed by atoms with Crippen molar-refractivity contribution in [1.82, 2.24) is 4.98 Å². The van der Waals surface area contributed by atoms with Crippen LogP contribution in [0.1, 0.15) is 10.5 Å². The number of rotatable bonds is 4. The number of carbonyl (C=O) groups excluding carboxylic acids is 1. The molecule has 0 unspecified atom stereocenters. The topological polar surface area (TPSA) is 81.0 Å². The normalized spacial score (nSPS) is 10.5. The molecule has 4 aromatic rings. The van der Waals surface area contributed by atoms with Crippen LogP contribution >= 0.6 is 0 Å². The van der Waals surface area contributed by atoms with E-state index in [4.69, 9.17) is 0 Å². The maximum atomic E-state index is 12.9. The molecule has 0 saturated carbocycles. The van der Waals surface area contributed by atoms with Crippen LogP contribution in [0.2, 0.25) is 0 Å². The molecule has 1 aromatic heterocycles. The number of fused-ring (bicyclic) bond motifs is 1. The predicted octanol–water partition coefficient (Wildman–Crippen LogP) is 3.86. The third kappa shape index (κ3) is 3.41. The Hall–Kier alpha value is -3.93. The zero-order chi connectivity index (χ0) is 18.6. The van der Waals surface area contributed by atoms with Crippen LogP contribution in [-0.4, -0.2) is 10.9 Å². The number of nitrogens with one attached hydrogen (secondary N) is 2. The van der Waals surface area contributed by atoms with Gasteiger partial charge in [-0.15, -0.1) is 0 Å². The molecule has 0 radical (unpaired) electrons. The van der Waals surface area contributed by atoms with Crippen molar-refractivity contribution in [3.63, 3.8) is 0 Å². The van der Waals surface area contributed by atoms with E-state index in [9.17, 15) is 10.0 Å². The summed E-state index contributed by atoms with van der Waals surface area (Å²) in [6.45, 7) is 0. The molecule has 132 valence electrons. The lowest BCUT2D eigenvalue weighted by molar-refractivity contribution is -0.578. The molecule has 0 spiro atoms. The van der Waals surface area contributed by atoms with E-state index in [-0.39, 0.29) is 11.5 Å². The SMILES string of the molecule is O=C(Nc1ccccc1)c1c(Nc2ccccc2)nc2ccccc2[n+]1[O-]. The van der Waals surface area contributed by atoms with Crippen molar-refractivity contribution in [1.29, 1.82) is 0 Å². The minimum absolute atomic E-state index is 0.0959. The Kier molecular flexibility index (Phi) is 4.37. The van der Waals surface area contributed by atoms with Crippen molar-refractivity contribution >= 4 is 34.1 Å². The Morgan fingerprint density at radius 3 is 2.11 bits per heavy atom. The molecular formula is C21H16N4O2. The summed E-state index contributed by atoms with van der Waals surface area (Å²) in [4.78, 5) is 17.4. The molecule has 0 aliphatic carbocycles. The third-order valence-electron chi connectivity index (χ3n) is 4.04.